The Morgan fingerprint density at radius 1 is 1.50 bits per heavy atom. The Bertz CT molecular complexity index is 350. The molecular formula is C9H13N3O2. The van der Waals surface area contributed by atoms with Crippen molar-refractivity contribution < 1.29 is 9.90 Å². The number of aromatic carboxylic acids is 1. The fraction of sp³-hybridized carbons (Fsp3) is 0.222. The summed E-state index contributed by atoms with van der Waals surface area (Å²) in [6, 6.07) is 4.79. The van der Waals surface area contributed by atoms with Crippen molar-refractivity contribution in [1.82, 2.24) is 5.01 Å². The van der Waals surface area contributed by atoms with Crippen LogP contribution in [-0.4, -0.2) is 30.2 Å². The summed E-state index contributed by atoms with van der Waals surface area (Å²) in [5, 5.41) is 10.5. The van der Waals surface area contributed by atoms with Gasteiger partial charge < -0.3 is 16.3 Å². The molecular weight excluding hydrogens is 182 g/mol. The minimum atomic E-state index is -1.02. The van der Waals surface area contributed by atoms with E-state index < -0.39 is 5.97 Å². The van der Waals surface area contributed by atoms with Crippen molar-refractivity contribution in [2.45, 2.75) is 0 Å². The highest BCUT2D eigenvalue weighted by atomic mass is 16.4. The van der Waals surface area contributed by atoms with E-state index in [1.54, 1.807) is 17.1 Å². The fourth-order valence-corrected chi connectivity index (χ4v) is 1.07. The number of anilines is 2. The van der Waals surface area contributed by atoms with Crippen molar-refractivity contribution in [2.75, 3.05) is 25.3 Å². The number of hydrazine groups is 1. The molecule has 0 bridgehead atoms. The molecule has 0 aliphatic carbocycles. The van der Waals surface area contributed by atoms with E-state index in [2.05, 4.69) is 5.43 Å². The molecule has 4 N–H and O–H groups in total. The highest BCUT2D eigenvalue weighted by Crippen LogP contribution is 2.17. The molecule has 1 aromatic rings. The number of nitrogens with one attached hydrogen (secondary N) is 1. The van der Waals surface area contributed by atoms with Crippen LogP contribution in [0.3, 0.4) is 0 Å². The maximum atomic E-state index is 10.7. The molecule has 0 atom stereocenters. The zero-order chi connectivity index (χ0) is 10.7. The predicted molar refractivity (Wildman–Crippen MR) is 55.1 cm³/mol. The minimum Gasteiger partial charge on any atom is -0.478 e. The first-order valence-corrected chi connectivity index (χ1v) is 4.07. The number of nitrogens with zero attached hydrogens (tertiary/aromatic N) is 1. The quantitative estimate of drug-likeness (QED) is 0.492. The Kier molecular flexibility index (Phi) is 2.93. The fourth-order valence-electron chi connectivity index (χ4n) is 1.07. The lowest BCUT2D eigenvalue weighted by atomic mass is 10.1. The molecule has 5 nitrogen and oxygen atoms in total. The SMILES string of the molecule is CN(C)Nc1ccc(N)c(C(=O)O)c1. The van der Waals surface area contributed by atoms with Crippen molar-refractivity contribution in [1.29, 1.82) is 0 Å². The largest absolute Gasteiger partial charge is 0.478 e. The molecule has 0 spiro atoms. The third kappa shape index (κ3) is 2.37. The van der Waals surface area contributed by atoms with Crippen molar-refractivity contribution in [3.05, 3.63) is 23.8 Å². The average Bonchev–Trinajstić information content (AvgIpc) is 2.07. The third-order valence-electron chi connectivity index (χ3n) is 1.64. The zero-order valence-electron chi connectivity index (χ0n) is 8.11. The summed E-state index contributed by atoms with van der Waals surface area (Å²) in [5.41, 5.74) is 9.51. The average molecular weight is 195 g/mol. The van der Waals surface area contributed by atoms with Crippen molar-refractivity contribution in [3.63, 3.8) is 0 Å². The molecule has 0 aliphatic rings. The van der Waals surface area contributed by atoms with Gasteiger partial charge in [0.15, 0.2) is 0 Å². The molecule has 0 radical (unpaired) electrons. The molecule has 0 aromatic heterocycles. The van der Waals surface area contributed by atoms with Crippen LogP contribution in [0.5, 0.6) is 0 Å². The number of nitrogen functional groups attached to an aromatic ring is 1. The lowest BCUT2D eigenvalue weighted by molar-refractivity contribution is 0.0698. The Morgan fingerprint density at radius 2 is 2.14 bits per heavy atom. The zero-order valence-corrected chi connectivity index (χ0v) is 8.11. The van der Waals surface area contributed by atoms with Gasteiger partial charge in [0, 0.05) is 25.5 Å². The standard InChI is InChI=1S/C9H13N3O2/c1-12(2)11-6-3-4-8(10)7(5-6)9(13)14/h3-5,11H,10H2,1-2H3,(H,13,14). The van der Waals surface area contributed by atoms with E-state index in [1.807, 2.05) is 14.1 Å². The number of carboxylic acids is 1. The van der Waals surface area contributed by atoms with Crippen LogP contribution in [0.1, 0.15) is 10.4 Å². The number of benzene rings is 1. The smallest absolute Gasteiger partial charge is 0.337 e. The van der Waals surface area contributed by atoms with Gasteiger partial charge in [-0.25, -0.2) is 9.80 Å². The van der Waals surface area contributed by atoms with Gasteiger partial charge in [0.25, 0.3) is 0 Å². The lowest BCUT2D eigenvalue weighted by Gasteiger charge is -2.14. The summed E-state index contributed by atoms with van der Waals surface area (Å²) in [6.07, 6.45) is 0. The van der Waals surface area contributed by atoms with E-state index in [4.69, 9.17) is 10.8 Å². The predicted octanol–water partition coefficient (Wildman–Crippen LogP) is 0.855. The van der Waals surface area contributed by atoms with Gasteiger partial charge in [-0.2, -0.15) is 0 Å². The second-order valence-corrected chi connectivity index (χ2v) is 3.11. The summed E-state index contributed by atoms with van der Waals surface area (Å²) >= 11 is 0. The van der Waals surface area contributed by atoms with Gasteiger partial charge in [-0.05, 0) is 18.2 Å². The number of carboxylic acid groups (broad SMARTS) is 1. The number of hydrogen-bond acceptors (Lipinski definition) is 4. The van der Waals surface area contributed by atoms with Crippen LogP contribution in [0.4, 0.5) is 11.4 Å². The number of nitrogens with two attached hydrogens (primary N) is 1. The summed E-state index contributed by atoms with van der Waals surface area (Å²) in [4.78, 5) is 10.7. The van der Waals surface area contributed by atoms with Crippen LogP contribution in [0.25, 0.3) is 0 Å². The van der Waals surface area contributed by atoms with Gasteiger partial charge in [0.05, 0.1) is 5.56 Å². The maximum absolute atomic E-state index is 10.7. The van der Waals surface area contributed by atoms with Crippen molar-refractivity contribution in [3.8, 4) is 0 Å². The topological polar surface area (TPSA) is 78.6 Å². The first-order valence-electron chi connectivity index (χ1n) is 4.07. The highest BCUT2D eigenvalue weighted by molar-refractivity contribution is 5.94. The van der Waals surface area contributed by atoms with Crippen LogP contribution in [0, 0.1) is 0 Å². The number of carbonyl (C=O) groups is 1. The summed E-state index contributed by atoms with van der Waals surface area (Å²) < 4.78 is 0. The molecule has 0 fully saturated rings. The van der Waals surface area contributed by atoms with Gasteiger partial charge in [-0.3, -0.25) is 0 Å². The molecule has 0 aliphatic heterocycles. The van der Waals surface area contributed by atoms with E-state index in [0.717, 1.165) is 0 Å². The van der Waals surface area contributed by atoms with E-state index in [1.165, 1.54) is 6.07 Å². The summed E-state index contributed by atoms with van der Waals surface area (Å²) in [6.45, 7) is 0. The molecule has 0 saturated carbocycles. The first kappa shape index (κ1) is 10.3. The molecule has 0 heterocycles. The van der Waals surface area contributed by atoms with E-state index in [9.17, 15) is 4.79 Å². The molecule has 14 heavy (non-hydrogen) atoms. The summed E-state index contributed by atoms with van der Waals surface area (Å²) in [5.74, 6) is -1.02. The van der Waals surface area contributed by atoms with E-state index >= 15 is 0 Å². The molecule has 0 saturated heterocycles. The van der Waals surface area contributed by atoms with Gasteiger partial charge in [-0.15, -0.1) is 0 Å². The van der Waals surface area contributed by atoms with Crippen molar-refractivity contribution in [2.24, 2.45) is 0 Å². The van der Waals surface area contributed by atoms with E-state index in [-0.39, 0.29) is 11.3 Å². The van der Waals surface area contributed by atoms with Gasteiger partial charge in [0.1, 0.15) is 0 Å². The monoisotopic (exact) mass is 195 g/mol. The van der Waals surface area contributed by atoms with Crippen LogP contribution in [0.2, 0.25) is 0 Å². The lowest BCUT2D eigenvalue weighted by Crippen LogP contribution is -2.19. The Hall–Kier alpha value is -1.75. The first-order chi connectivity index (χ1) is 6.50. The minimum absolute atomic E-state index is 0.108. The Balaban J connectivity index is 3.00. The Morgan fingerprint density at radius 3 is 2.64 bits per heavy atom. The summed E-state index contributed by atoms with van der Waals surface area (Å²) in [7, 11) is 3.63. The van der Waals surface area contributed by atoms with Crippen LogP contribution in [-0.2, 0) is 0 Å². The van der Waals surface area contributed by atoms with Gasteiger partial charge in [-0.1, -0.05) is 0 Å². The maximum Gasteiger partial charge on any atom is 0.337 e. The molecule has 5 heteroatoms. The van der Waals surface area contributed by atoms with Gasteiger partial charge >= 0.3 is 5.97 Å². The highest BCUT2D eigenvalue weighted by Gasteiger charge is 2.08. The third-order valence-corrected chi connectivity index (χ3v) is 1.64. The Labute approximate surface area is 82.1 Å². The normalized spacial score (nSPS) is 10.2. The number of rotatable bonds is 3. The molecule has 0 amide bonds. The second-order valence-electron chi connectivity index (χ2n) is 3.11. The van der Waals surface area contributed by atoms with Crippen LogP contribution < -0.4 is 11.2 Å². The van der Waals surface area contributed by atoms with E-state index in [0.29, 0.717) is 5.69 Å². The molecule has 1 aromatic carbocycles. The molecule has 76 valence electrons. The van der Waals surface area contributed by atoms with Crippen LogP contribution in [0.15, 0.2) is 18.2 Å². The molecule has 0 unspecified atom stereocenters. The van der Waals surface area contributed by atoms with Gasteiger partial charge in [0.2, 0.25) is 0 Å². The van der Waals surface area contributed by atoms with Crippen LogP contribution >= 0.6 is 0 Å². The second kappa shape index (κ2) is 3.97. The number of hydrogen-bond donors (Lipinski definition) is 3. The molecule has 1 rings (SSSR count). The van der Waals surface area contributed by atoms with Crippen molar-refractivity contribution >= 4 is 17.3 Å².